The van der Waals surface area contributed by atoms with Gasteiger partial charge in [0.2, 0.25) is 0 Å². The molecule has 2 rings (SSSR count). The van der Waals surface area contributed by atoms with Crippen molar-refractivity contribution in [3.05, 3.63) is 68.2 Å². The quantitative estimate of drug-likeness (QED) is 0.513. The first kappa shape index (κ1) is 14.5. The Morgan fingerprint density at radius 3 is 2.60 bits per heavy atom. The van der Waals surface area contributed by atoms with Crippen LogP contribution >= 0.6 is 15.9 Å². The molecule has 0 saturated heterocycles. The van der Waals surface area contributed by atoms with Crippen molar-refractivity contribution in [2.75, 3.05) is 5.73 Å². The van der Waals surface area contributed by atoms with Crippen LogP contribution in [-0.2, 0) is 18.0 Å². The smallest absolute Gasteiger partial charge is 0.292 e. The highest BCUT2D eigenvalue weighted by atomic mass is 79.9. The van der Waals surface area contributed by atoms with Gasteiger partial charge in [0.05, 0.1) is 18.1 Å². The normalized spacial score (nSPS) is 10.4. The molecular formula is C14H13BrN2O3. The molecule has 0 aromatic heterocycles. The number of halogens is 1. The summed E-state index contributed by atoms with van der Waals surface area (Å²) in [5.41, 5.74) is 7.54. The highest BCUT2D eigenvalue weighted by Gasteiger charge is 2.11. The van der Waals surface area contributed by atoms with Gasteiger partial charge in [0.1, 0.15) is 5.69 Å². The Bertz CT molecular complexity index is 632. The van der Waals surface area contributed by atoms with Gasteiger partial charge in [-0.25, -0.2) is 0 Å². The van der Waals surface area contributed by atoms with Gasteiger partial charge in [0, 0.05) is 10.5 Å². The molecular weight excluding hydrogens is 324 g/mol. The average molecular weight is 337 g/mol. The zero-order chi connectivity index (χ0) is 14.5. The summed E-state index contributed by atoms with van der Waals surface area (Å²) in [6.45, 7) is 0.807. The Morgan fingerprint density at radius 2 is 1.95 bits per heavy atom. The van der Waals surface area contributed by atoms with Crippen molar-refractivity contribution in [1.82, 2.24) is 0 Å². The molecule has 0 fully saturated rings. The second-order valence-electron chi connectivity index (χ2n) is 4.23. The summed E-state index contributed by atoms with van der Waals surface area (Å²) in [6.07, 6.45) is 0. The van der Waals surface area contributed by atoms with Crippen LogP contribution in [0, 0.1) is 10.1 Å². The number of rotatable bonds is 5. The number of benzene rings is 2. The Labute approximate surface area is 124 Å². The topological polar surface area (TPSA) is 78.4 Å². The van der Waals surface area contributed by atoms with Crippen molar-refractivity contribution < 1.29 is 9.66 Å². The zero-order valence-corrected chi connectivity index (χ0v) is 12.2. The minimum atomic E-state index is -0.499. The van der Waals surface area contributed by atoms with Gasteiger partial charge in [-0.05, 0) is 29.3 Å². The van der Waals surface area contributed by atoms with Gasteiger partial charge in [-0.1, -0.05) is 34.1 Å². The van der Waals surface area contributed by atoms with Crippen LogP contribution < -0.4 is 5.73 Å². The zero-order valence-electron chi connectivity index (χ0n) is 10.6. The molecule has 2 aromatic carbocycles. The summed E-state index contributed by atoms with van der Waals surface area (Å²) < 4.78 is 6.58. The summed E-state index contributed by atoms with van der Waals surface area (Å²) in [4.78, 5) is 10.2. The van der Waals surface area contributed by atoms with Gasteiger partial charge in [0.25, 0.3) is 5.69 Å². The number of hydrogen-bond acceptors (Lipinski definition) is 4. The fourth-order valence-corrected chi connectivity index (χ4v) is 2.15. The van der Waals surface area contributed by atoms with Crippen molar-refractivity contribution in [3.63, 3.8) is 0 Å². The van der Waals surface area contributed by atoms with E-state index in [1.54, 1.807) is 12.1 Å². The molecule has 0 saturated carbocycles. The maximum atomic E-state index is 10.7. The van der Waals surface area contributed by atoms with Crippen LogP contribution in [0.25, 0.3) is 0 Å². The first-order valence-electron chi connectivity index (χ1n) is 5.92. The number of nitrogens with two attached hydrogens (primary N) is 1. The molecule has 0 radical (unpaired) electrons. The van der Waals surface area contributed by atoms with Gasteiger partial charge in [0.15, 0.2) is 0 Å². The lowest BCUT2D eigenvalue weighted by Crippen LogP contribution is -1.99. The Balaban J connectivity index is 1.97. The molecule has 5 nitrogen and oxygen atoms in total. The van der Waals surface area contributed by atoms with E-state index in [9.17, 15) is 10.1 Å². The summed E-state index contributed by atoms with van der Waals surface area (Å²) in [5, 5.41) is 10.7. The Hall–Kier alpha value is -1.92. The number of nitrogen functional groups attached to an aromatic ring is 1. The van der Waals surface area contributed by atoms with Crippen LogP contribution in [0.15, 0.2) is 46.9 Å². The monoisotopic (exact) mass is 336 g/mol. The summed E-state index contributed by atoms with van der Waals surface area (Å²) in [5.74, 6) is 0. The van der Waals surface area contributed by atoms with Gasteiger partial charge in [-0.2, -0.15) is 0 Å². The molecule has 0 atom stereocenters. The van der Waals surface area contributed by atoms with Crippen LogP contribution in [0.5, 0.6) is 0 Å². The standard InChI is InChI=1S/C14H13BrN2O3/c15-12-4-2-1-3-11(12)9-20-8-10-5-6-14(17(18)19)13(16)7-10/h1-7H,8-9,16H2. The third-order valence-corrected chi connectivity index (χ3v) is 3.55. The van der Waals surface area contributed by atoms with Crippen molar-refractivity contribution >= 4 is 27.3 Å². The first-order valence-corrected chi connectivity index (χ1v) is 6.71. The fourth-order valence-electron chi connectivity index (χ4n) is 1.75. The molecule has 0 amide bonds. The largest absolute Gasteiger partial charge is 0.393 e. The maximum Gasteiger partial charge on any atom is 0.292 e. The first-order chi connectivity index (χ1) is 9.58. The minimum absolute atomic E-state index is 0.0837. The molecule has 0 spiro atoms. The molecule has 20 heavy (non-hydrogen) atoms. The molecule has 6 heteroatoms. The van der Waals surface area contributed by atoms with E-state index in [4.69, 9.17) is 10.5 Å². The number of hydrogen-bond donors (Lipinski definition) is 1. The molecule has 104 valence electrons. The van der Waals surface area contributed by atoms with E-state index in [-0.39, 0.29) is 11.4 Å². The lowest BCUT2D eigenvalue weighted by atomic mass is 10.2. The van der Waals surface area contributed by atoms with Crippen LogP contribution in [0.3, 0.4) is 0 Å². The Kier molecular flexibility index (Phi) is 4.70. The molecule has 0 heterocycles. The lowest BCUT2D eigenvalue weighted by molar-refractivity contribution is -0.383. The van der Waals surface area contributed by atoms with Gasteiger partial charge in [-0.3, -0.25) is 10.1 Å². The summed E-state index contributed by atoms with van der Waals surface area (Å²) in [7, 11) is 0. The van der Waals surface area contributed by atoms with Crippen LogP contribution in [0.2, 0.25) is 0 Å². The molecule has 2 aromatic rings. The predicted molar refractivity (Wildman–Crippen MR) is 80.1 cm³/mol. The van der Waals surface area contributed by atoms with Gasteiger partial charge >= 0.3 is 0 Å². The second-order valence-corrected chi connectivity index (χ2v) is 5.09. The fraction of sp³-hybridized carbons (Fsp3) is 0.143. The molecule has 0 aliphatic rings. The van der Waals surface area contributed by atoms with Crippen LogP contribution in [-0.4, -0.2) is 4.92 Å². The molecule has 2 N–H and O–H groups in total. The van der Waals surface area contributed by atoms with E-state index < -0.39 is 4.92 Å². The summed E-state index contributed by atoms with van der Waals surface area (Å²) in [6, 6.07) is 12.4. The summed E-state index contributed by atoms with van der Waals surface area (Å²) >= 11 is 3.44. The molecule has 0 aliphatic carbocycles. The predicted octanol–water partition coefficient (Wildman–Crippen LogP) is 3.66. The Morgan fingerprint density at radius 1 is 1.20 bits per heavy atom. The van der Waals surface area contributed by atoms with Gasteiger partial charge < -0.3 is 10.5 Å². The van der Waals surface area contributed by atoms with E-state index in [1.165, 1.54) is 6.07 Å². The number of nitrogens with zero attached hydrogens (tertiary/aromatic N) is 1. The van der Waals surface area contributed by atoms with Crippen LogP contribution in [0.4, 0.5) is 11.4 Å². The van der Waals surface area contributed by atoms with Crippen molar-refractivity contribution in [2.24, 2.45) is 0 Å². The number of nitro benzene ring substituents is 1. The maximum absolute atomic E-state index is 10.7. The van der Waals surface area contributed by atoms with Crippen molar-refractivity contribution in [2.45, 2.75) is 13.2 Å². The highest BCUT2D eigenvalue weighted by Crippen LogP contribution is 2.23. The van der Waals surface area contributed by atoms with Crippen molar-refractivity contribution in [1.29, 1.82) is 0 Å². The van der Waals surface area contributed by atoms with E-state index in [0.717, 1.165) is 15.6 Å². The van der Waals surface area contributed by atoms with E-state index >= 15 is 0 Å². The minimum Gasteiger partial charge on any atom is -0.393 e. The van der Waals surface area contributed by atoms with E-state index in [1.807, 2.05) is 24.3 Å². The third kappa shape index (κ3) is 3.55. The third-order valence-electron chi connectivity index (χ3n) is 2.77. The SMILES string of the molecule is Nc1cc(COCc2ccccc2Br)ccc1[N+](=O)[O-]. The number of ether oxygens (including phenoxy) is 1. The van der Waals surface area contributed by atoms with Crippen molar-refractivity contribution in [3.8, 4) is 0 Å². The van der Waals surface area contributed by atoms with E-state index in [0.29, 0.717) is 13.2 Å². The van der Waals surface area contributed by atoms with Gasteiger partial charge in [-0.15, -0.1) is 0 Å². The number of nitro groups is 1. The second kappa shape index (κ2) is 6.49. The number of anilines is 1. The lowest BCUT2D eigenvalue weighted by Gasteiger charge is -2.07. The molecule has 0 bridgehead atoms. The molecule has 0 aliphatic heterocycles. The average Bonchev–Trinajstić information content (AvgIpc) is 2.40. The van der Waals surface area contributed by atoms with E-state index in [2.05, 4.69) is 15.9 Å². The molecule has 0 unspecified atom stereocenters. The highest BCUT2D eigenvalue weighted by molar-refractivity contribution is 9.10. The van der Waals surface area contributed by atoms with Crippen LogP contribution in [0.1, 0.15) is 11.1 Å².